The first-order valence-corrected chi connectivity index (χ1v) is 33.2. The molecule has 0 spiro atoms. The lowest BCUT2D eigenvalue weighted by atomic mass is 9.94. The van der Waals surface area contributed by atoms with E-state index in [0.717, 1.165) is 108 Å². The van der Waals surface area contributed by atoms with E-state index in [0.29, 0.717) is 60.4 Å². The molecule has 4 aromatic heterocycles. The Morgan fingerprint density at radius 2 is 0.946 bits per heavy atom. The second-order valence-corrected chi connectivity index (χ2v) is 29.6. The highest BCUT2D eigenvalue weighted by molar-refractivity contribution is 7.84. The second-order valence-electron chi connectivity index (χ2n) is 25.3. The second kappa shape index (κ2) is 25.6. The molecule has 10 aromatic rings. The zero-order chi connectivity index (χ0) is 64.0. The van der Waals surface area contributed by atoms with Gasteiger partial charge in [0, 0.05) is 76.9 Å². The summed E-state index contributed by atoms with van der Waals surface area (Å²) in [5.41, 5.74) is 12.5. The van der Waals surface area contributed by atoms with Crippen molar-refractivity contribution < 1.29 is 50.9 Å². The molecule has 0 unspecified atom stereocenters. The number of carbonyl (C=O) groups excluding carboxylic acids is 2. The lowest BCUT2D eigenvalue weighted by Crippen LogP contribution is -2.36. The number of hydrogen-bond acceptors (Lipinski definition) is 13. The van der Waals surface area contributed by atoms with Crippen LogP contribution in [-0.4, -0.2) is 73.6 Å². The van der Waals surface area contributed by atoms with E-state index >= 15 is 0 Å². The highest BCUT2D eigenvalue weighted by Gasteiger charge is 2.42. The van der Waals surface area contributed by atoms with E-state index in [9.17, 15) is 23.1 Å². The number of amides is 2. The number of fused-ring (bicyclic) bond motifs is 6. The monoisotopic (exact) mass is 1270 g/mol. The maximum atomic E-state index is 13.9. The van der Waals surface area contributed by atoms with E-state index < -0.39 is 31.5 Å². The first kappa shape index (κ1) is 61.9. The molecule has 14 rings (SSSR count). The number of carbonyl (C=O) groups is 2. The SMILES string of the molecule is CC(C)(C)[S@@](=O)N1Cc2cc(C(=O)NCc3ccc4c(c3)OCO4)nc(-c3cccc(-c4cc5ccccc5o4)c3)c2[C@H]1CCO.CCC[C@@H]1c2c(cc(C(=O)NCc3ccc4c(c3)OCO4)nc2-c2cccc(-c3cc4ccccc4o3)c2)CN1[S@](=O)C(C)(C)C. The Labute approximate surface area is 539 Å². The molecule has 17 nitrogen and oxygen atoms in total. The van der Waals surface area contributed by atoms with Crippen molar-refractivity contribution in [1.29, 1.82) is 0 Å². The molecule has 0 saturated carbocycles. The van der Waals surface area contributed by atoms with Crippen LogP contribution in [0.25, 0.3) is 67.1 Å². The van der Waals surface area contributed by atoms with Crippen LogP contribution in [0.2, 0.25) is 0 Å². The van der Waals surface area contributed by atoms with Gasteiger partial charge in [-0.2, -0.15) is 0 Å². The largest absolute Gasteiger partial charge is 0.456 e. The first-order valence-electron chi connectivity index (χ1n) is 31.0. The fourth-order valence-electron chi connectivity index (χ4n) is 12.3. The van der Waals surface area contributed by atoms with Gasteiger partial charge in [0.2, 0.25) is 13.6 Å². The summed E-state index contributed by atoms with van der Waals surface area (Å²) in [5.74, 6) is 3.57. The Hall–Kier alpha value is -8.98. The Kier molecular flexibility index (Phi) is 17.2. The number of pyridine rings is 2. The van der Waals surface area contributed by atoms with Crippen molar-refractivity contribution >= 4 is 55.7 Å². The minimum atomic E-state index is -1.37. The number of para-hydroxylation sites is 2. The molecule has 2 amide bonds. The molecule has 4 aliphatic rings. The van der Waals surface area contributed by atoms with Crippen molar-refractivity contribution in [3.8, 4) is 68.2 Å². The van der Waals surface area contributed by atoms with Crippen LogP contribution in [0.3, 0.4) is 0 Å². The van der Waals surface area contributed by atoms with E-state index in [4.69, 9.17) is 37.7 Å². The van der Waals surface area contributed by atoms with E-state index in [1.165, 1.54) is 0 Å². The van der Waals surface area contributed by atoms with Crippen molar-refractivity contribution in [2.75, 3.05) is 20.2 Å². The molecular weight excluding hydrogens is 1200 g/mol. The zero-order valence-electron chi connectivity index (χ0n) is 52.4. The summed E-state index contributed by atoms with van der Waals surface area (Å²) >= 11 is 0. The fraction of sp³-hybridized carbons (Fsp3) is 0.288. The number of hydrogen-bond donors (Lipinski definition) is 3. The molecule has 0 aliphatic carbocycles. The Balaban J connectivity index is 0.000000168. The molecule has 4 aliphatic heterocycles. The van der Waals surface area contributed by atoms with Crippen LogP contribution in [0.4, 0.5) is 0 Å². The van der Waals surface area contributed by atoms with E-state index in [1.54, 1.807) is 6.07 Å². The fourth-order valence-corrected chi connectivity index (χ4v) is 15.1. The van der Waals surface area contributed by atoms with Gasteiger partial charge in [-0.15, -0.1) is 0 Å². The molecule has 0 bridgehead atoms. The molecule has 0 fully saturated rings. The molecule has 472 valence electrons. The van der Waals surface area contributed by atoms with Gasteiger partial charge in [0.15, 0.2) is 23.0 Å². The number of ether oxygens (including phenoxy) is 4. The smallest absolute Gasteiger partial charge is 0.270 e. The first-order chi connectivity index (χ1) is 44.4. The number of nitrogens with zero attached hydrogens (tertiary/aromatic N) is 4. The number of aliphatic hydroxyl groups is 1. The van der Waals surface area contributed by atoms with Crippen LogP contribution < -0.4 is 29.6 Å². The molecule has 0 saturated heterocycles. The lowest BCUT2D eigenvalue weighted by Gasteiger charge is -2.30. The summed E-state index contributed by atoms with van der Waals surface area (Å²) < 4.78 is 64.9. The number of rotatable bonds is 16. The van der Waals surface area contributed by atoms with Crippen molar-refractivity contribution in [3.63, 3.8) is 0 Å². The predicted octanol–water partition coefficient (Wildman–Crippen LogP) is 14.5. The third kappa shape index (κ3) is 12.6. The lowest BCUT2D eigenvalue weighted by molar-refractivity contribution is 0.0938. The quantitative estimate of drug-likeness (QED) is 0.0824. The summed E-state index contributed by atoms with van der Waals surface area (Å²) in [7, 11) is -2.62. The Morgan fingerprint density at radius 3 is 1.37 bits per heavy atom. The molecule has 3 N–H and O–H groups in total. The van der Waals surface area contributed by atoms with Gasteiger partial charge in [-0.1, -0.05) is 98.3 Å². The highest BCUT2D eigenvalue weighted by Crippen LogP contribution is 2.47. The maximum absolute atomic E-state index is 13.9. The summed E-state index contributed by atoms with van der Waals surface area (Å²) in [6, 6.07) is 50.3. The van der Waals surface area contributed by atoms with E-state index in [2.05, 4.69) is 27.9 Å². The Bertz CT molecular complexity index is 4180. The minimum Gasteiger partial charge on any atom is -0.456 e. The summed E-state index contributed by atoms with van der Waals surface area (Å²) in [6.45, 7) is 15.7. The molecule has 4 atom stereocenters. The van der Waals surface area contributed by atoms with Crippen molar-refractivity contribution in [2.45, 2.75) is 115 Å². The van der Waals surface area contributed by atoms with Crippen molar-refractivity contribution in [2.24, 2.45) is 0 Å². The summed E-state index contributed by atoms with van der Waals surface area (Å²) in [4.78, 5) is 37.3. The number of aromatic nitrogens is 2. The average molecular weight is 1270 g/mol. The topological polar surface area (TPSA) is 208 Å². The number of benzene rings is 6. The van der Waals surface area contributed by atoms with Gasteiger partial charge in [-0.05, 0) is 149 Å². The van der Waals surface area contributed by atoms with Gasteiger partial charge in [0.1, 0.15) is 56.0 Å². The van der Waals surface area contributed by atoms with E-state index in [1.807, 2.05) is 191 Å². The molecular formula is C73H72N6O11S2. The normalized spacial score (nSPS) is 16.5. The minimum absolute atomic E-state index is 0.0851. The maximum Gasteiger partial charge on any atom is 0.270 e. The number of nitrogens with one attached hydrogen (secondary N) is 2. The molecule has 6 aromatic carbocycles. The highest BCUT2D eigenvalue weighted by atomic mass is 32.2. The van der Waals surface area contributed by atoms with Crippen molar-refractivity contribution in [1.82, 2.24) is 29.2 Å². The van der Waals surface area contributed by atoms with Crippen LogP contribution in [0.15, 0.2) is 167 Å². The average Bonchev–Trinajstić information content (AvgIpc) is 1.61. The zero-order valence-corrected chi connectivity index (χ0v) is 54.0. The van der Waals surface area contributed by atoms with Gasteiger partial charge in [0.05, 0.1) is 33.0 Å². The third-order valence-electron chi connectivity index (χ3n) is 16.7. The third-order valence-corrected chi connectivity index (χ3v) is 20.4. The predicted molar refractivity (Wildman–Crippen MR) is 356 cm³/mol. The standard InChI is InChI=1S/C37H37N3O5S.C36H35N3O6S/c1-5-9-29-34-27(21-40(29)46(42)37(2,3)4)18-28(36(41)38-20-23-14-15-31-33(16-23)44-22-43-31)39-35(34)26-12-8-11-24(17-26)32-19-25-10-6-7-13-30(25)45-32;1-36(2,3)46(42)39-20-26-17-27(35(41)37-19-22-11-12-30-32(15-22)44-21-43-30)38-34(33(26)28(39)13-14-40)25-9-6-8-23(16-25)31-18-24-7-4-5-10-29(24)45-31/h6-8,10-19,29H,5,9,20-22H2,1-4H3,(H,38,41);4-12,15-18,28,40H,13-14,19-21H2,1-3H3,(H,37,41)/t29-,46-;28-,46-/m11/s1. The van der Waals surface area contributed by atoms with Crippen LogP contribution in [0, 0.1) is 0 Å². The van der Waals surface area contributed by atoms with Crippen LogP contribution in [0.5, 0.6) is 23.0 Å². The van der Waals surface area contributed by atoms with Crippen LogP contribution in [-0.2, 0) is 48.2 Å². The van der Waals surface area contributed by atoms with Crippen molar-refractivity contribution in [3.05, 3.63) is 202 Å². The molecule has 92 heavy (non-hydrogen) atoms. The number of aliphatic hydroxyl groups excluding tert-OH is 1. The van der Waals surface area contributed by atoms with Gasteiger partial charge in [-0.25, -0.2) is 27.0 Å². The summed E-state index contributed by atoms with van der Waals surface area (Å²) in [5, 5.41) is 18.2. The molecule has 19 heteroatoms. The molecule has 8 heterocycles. The molecule has 0 radical (unpaired) electrons. The van der Waals surface area contributed by atoms with Gasteiger partial charge >= 0.3 is 0 Å². The van der Waals surface area contributed by atoms with Crippen LogP contribution in [0.1, 0.15) is 134 Å². The summed E-state index contributed by atoms with van der Waals surface area (Å²) in [6.07, 6.45) is 2.11. The van der Waals surface area contributed by atoms with Crippen LogP contribution >= 0.6 is 0 Å². The van der Waals surface area contributed by atoms with Gasteiger partial charge in [0.25, 0.3) is 11.8 Å². The van der Waals surface area contributed by atoms with Gasteiger partial charge in [-0.3, -0.25) is 9.59 Å². The van der Waals surface area contributed by atoms with Gasteiger partial charge < -0.3 is 43.5 Å². The Morgan fingerprint density at radius 1 is 0.522 bits per heavy atom. The van der Waals surface area contributed by atoms with E-state index in [-0.39, 0.29) is 56.3 Å². The number of furan rings is 2.